The largest absolute Gasteiger partial charge is 0.491 e. The van der Waals surface area contributed by atoms with Crippen LogP contribution in [0.2, 0.25) is 5.02 Å². The molecule has 2 bridgehead atoms. The summed E-state index contributed by atoms with van der Waals surface area (Å²) < 4.78 is 49.6. The van der Waals surface area contributed by atoms with Crippen molar-refractivity contribution in [3.63, 3.8) is 0 Å². The molecule has 42 heavy (non-hydrogen) atoms. The SMILES string of the molecule is CCCc1c(C2COc3ccc4cc3N(CCC(CC)C(O)/C(C)=C/CCC(C)S(=O)(=O)NC4=O)C2)ccc(Cl)c1F. The number of aliphatic hydroxyl groups is 1. The summed E-state index contributed by atoms with van der Waals surface area (Å²) in [5.41, 5.74) is 3.09. The third-order valence-electron chi connectivity index (χ3n) is 8.63. The number of amides is 1. The Morgan fingerprint density at radius 1 is 1.19 bits per heavy atom. The van der Waals surface area contributed by atoms with Crippen LogP contribution in [0.25, 0.3) is 0 Å². The van der Waals surface area contributed by atoms with Gasteiger partial charge in [-0.15, -0.1) is 0 Å². The van der Waals surface area contributed by atoms with E-state index in [0.29, 0.717) is 62.4 Å². The lowest BCUT2D eigenvalue weighted by Gasteiger charge is -2.31. The molecule has 1 amide bonds. The first kappa shape index (κ1) is 32.3. The maximum atomic E-state index is 15.2. The Labute approximate surface area is 254 Å². The van der Waals surface area contributed by atoms with E-state index in [1.807, 2.05) is 32.9 Å². The number of benzene rings is 2. The molecule has 4 rings (SSSR count). The first-order chi connectivity index (χ1) is 20.0. The fourth-order valence-electron chi connectivity index (χ4n) is 5.92. The van der Waals surface area contributed by atoms with Gasteiger partial charge in [0.15, 0.2) is 0 Å². The summed E-state index contributed by atoms with van der Waals surface area (Å²) in [6, 6.07) is 8.37. The lowest BCUT2D eigenvalue weighted by Crippen LogP contribution is -2.37. The molecule has 2 aliphatic rings. The van der Waals surface area contributed by atoms with Gasteiger partial charge in [-0.05, 0) is 86.4 Å². The molecule has 7 nitrogen and oxygen atoms in total. The van der Waals surface area contributed by atoms with E-state index in [4.69, 9.17) is 16.3 Å². The normalized spacial score (nSPS) is 26.4. The molecule has 2 heterocycles. The number of rotatable bonds is 4. The predicted octanol–water partition coefficient (Wildman–Crippen LogP) is 6.38. The van der Waals surface area contributed by atoms with Crippen molar-refractivity contribution in [3.8, 4) is 5.75 Å². The number of nitrogens with one attached hydrogen (secondary N) is 1. The second kappa shape index (κ2) is 13.8. The Kier molecular flexibility index (Phi) is 10.6. The van der Waals surface area contributed by atoms with Gasteiger partial charge >= 0.3 is 0 Å². The van der Waals surface area contributed by atoms with Crippen molar-refractivity contribution in [2.75, 3.05) is 24.6 Å². The molecule has 10 heteroatoms. The molecule has 4 atom stereocenters. The number of ether oxygens (including phenoxy) is 1. The third-order valence-corrected chi connectivity index (χ3v) is 10.7. The Morgan fingerprint density at radius 3 is 2.67 bits per heavy atom. The monoisotopic (exact) mass is 620 g/mol. The van der Waals surface area contributed by atoms with Crippen LogP contribution in [0.4, 0.5) is 10.1 Å². The summed E-state index contributed by atoms with van der Waals surface area (Å²) in [4.78, 5) is 15.3. The molecule has 2 N–H and O–H groups in total. The minimum absolute atomic E-state index is 0.0310. The van der Waals surface area contributed by atoms with Crippen LogP contribution in [0.1, 0.15) is 87.2 Å². The lowest BCUT2D eigenvalue weighted by molar-refractivity contribution is 0.0981. The summed E-state index contributed by atoms with van der Waals surface area (Å²) >= 11 is 6.15. The van der Waals surface area contributed by atoms with E-state index in [0.717, 1.165) is 24.0 Å². The maximum absolute atomic E-state index is 15.2. The zero-order valence-corrected chi connectivity index (χ0v) is 26.4. The first-order valence-electron chi connectivity index (χ1n) is 14.9. The van der Waals surface area contributed by atoms with Gasteiger partial charge in [0.1, 0.15) is 11.6 Å². The second-order valence-corrected chi connectivity index (χ2v) is 14.0. The van der Waals surface area contributed by atoms with Crippen LogP contribution >= 0.6 is 11.6 Å². The van der Waals surface area contributed by atoms with Crippen LogP contribution in [0.5, 0.6) is 5.75 Å². The number of anilines is 1. The van der Waals surface area contributed by atoms with Crippen LogP contribution in [-0.4, -0.2) is 50.5 Å². The maximum Gasteiger partial charge on any atom is 0.264 e. The van der Waals surface area contributed by atoms with Crippen molar-refractivity contribution in [2.45, 2.75) is 83.5 Å². The minimum atomic E-state index is -3.92. The first-order valence-corrected chi connectivity index (χ1v) is 16.8. The molecule has 0 aromatic heterocycles. The summed E-state index contributed by atoms with van der Waals surface area (Å²) in [7, 11) is -3.92. The number of hydrogen-bond acceptors (Lipinski definition) is 6. The van der Waals surface area contributed by atoms with E-state index in [9.17, 15) is 18.3 Å². The van der Waals surface area contributed by atoms with E-state index < -0.39 is 33.1 Å². The summed E-state index contributed by atoms with van der Waals surface area (Å²) in [5, 5.41) is 10.5. The van der Waals surface area contributed by atoms with Crippen LogP contribution in [0, 0.1) is 11.7 Å². The highest BCUT2D eigenvalue weighted by atomic mass is 35.5. The molecular weight excluding hydrogens is 579 g/mol. The van der Waals surface area contributed by atoms with Crippen molar-refractivity contribution in [1.82, 2.24) is 4.72 Å². The minimum Gasteiger partial charge on any atom is -0.491 e. The van der Waals surface area contributed by atoms with Gasteiger partial charge < -0.3 is 14.7 Å². The highest BCUT2D eigenvalue weighted by Gasteiger charge is 2.30. The van der Waals surface area contributed by atoms with Crippen molar-refractivity contribution in [1.29, 1.82) is 0 Å². The van der Waals surface area contributed by atoms with Gasteiger partial charge in [0.05, 0.1) is 28.7 Å². The van der Waals surface area contributed by atoms with Gasteiger partial charge in [-0.3, -0.25) is 4.79 Å². The van der Waals surface area contributed by atoms with Gasteiger partial charge in [0.2, 0.25) is 10.0 Å². The van der Waals surface area contributed by atoms with Crippen LogP contribution in [-0.2, 0) is 16.4 Å². The quantitative estimate of drug-likeness (QED) is 0.385. The Hall–Kier alpha value is -2.62. The van der Waals surface area contributed by atoms with E-state index in [2.05, 4.69) is 9.62 Å². The van der Waals surface area contributed by atoms with Gasteiger partial charge in [0.25, 0.3) is 5.91 Å². The molecule has 0 saturated carbocycles. The van der Waals surface area contributed by atoms with Gasteiger partial charge in [-0.2, -0.15) is 0 Å². The van der Waals surface area contributed by atoms with E-state index in [1.54, 1.807) is 31.2 Å². The van der Waals surface area contributed by atoms with E-state index in [1.165, 1.54) is 0 Å². The Morgan fingerprint density at radius 2 is 1.95 bits per heavy atom. The molecule has 4 unspecified atom stereocenters. The molecule has 0 aliphatic carbocycles. The highest BCUT2D eigenvalue weighted by Crippen LogP contribution is 2.38. The number of nitrogens with zero attached hydrogens (tertiary/aromatic N) is 1. The molecule has 2 aromatic carbocycles. The molecule has 0 spiro atoms. The number of hydrogen-bond donors (Lipinski definition) is 2. The lowest BCUT2D eigenvalue weighted by atomic mass is 9.89. The topological polar surface area (TPSA) is 95.9 Å². The number of carbonyl (C=O) groups is 1. The van der Waals surface area contributed by atoms with Gasteiger partial charge in [0, 0.05) is 24.6 Å². The molecular formula is C32H42ClFN2O5S. The number of fused-ring (bicyclic) bond motifs is 1. The third kappa shape index (κ3) is 7.12. The summed E-state index contributed by atoms with van der Waals surface area (Å²) in [5.74, 6) is -0.770. The average Bonchev–Trinajstić information content (AvgIpc) is 3.14. The second-order valence-electron chi connectivity index (χ2n) is 11.5. The summed E-state index contributed by atoms with van der Waals surface area (Å²) in [6.45, 7) is 8.81. The Balaban J connectivity index is 1.78. The zero-order valence-electron chi connectivity index (χ0n) is 24.8. The van der Waals surface area contributed by atoms with E-state index in [-0.39, 0.29) is 22.4 Å². The van der Waals surface area contributed by atoms with Crippen molar-refractivity contribution in [2.24, 2.45) is 5.92 Å². The summed E-state index contributed by atoms with van der Waals surface area (Å²) in [6.07, 6.45) is 4.74. The molecule has 2 aliphatic heterocycles. The fourth-order valence-corrected chi connectivity index (χ4v) is 7.12. The number of halogens is 2. The zero-order chi connectivity index (χ0) is 30.6. The predicted molar refractivity (Wildman–Crippen MR) is 166 cm³/mol. The van der Waals surface area contributed by atoms with Gasteiger partial charge in [-0.25, -0.2) is 17.5 Å². The van der Waals surface area contributed by atoms with Crippen LogP contribution < -0.4 is 14.4 Å². The number of aliphatic hydroxyl groups excluding tert-OH is 1. The Bertz CT molecular complexity index is 1430. The molecule has 0 saturated heterocycles. The molecule has 0 fully saturated rings. The van der Waals surface area contributed by atoms with Crippen molar-refractivity contribution >= 4 is 33.2 Å². The van der Waals surface area contributed by atoms with Gasteiger partial charge in [-0.1, -0.05) is 50.4 Å². The highest BCUT2D eigenvalue weighted by molar-refractivity contribution is 7.90. The fraction of sp³-hybridized carbons (Fsp3) is 0.531. The smallest absolute Gasteiger partial charge is 0.264 e. The number of sulfonamides is 1. The van der Waals surface area contributed by atoms with Crippen LogP contribution in [0.15, 0.2) is 42.0 Å². The number of allylic oxidation sites excluding steroid dienone is 1. The molecule has 0 radical (unpaired) electrons. The van der Waals surface area contributed by atoms with Crippen LogP contribution in [0.3, 0.4) is 0 Å². The molecule has 230 valence electrons. The molecule has 2 aromatic rings. The van der Waals surface area contributed by atoms with Crippen molar-refractivity contribution < 1.29 is 27.4 Å². The standard InChI is InChI=1S/C32H42ClFN2O5S/c1-5-8-26-25(12-13-27(33)30(26)34)24-18-36-16-15-22(6-2)31(37)20(3)9-7-10-21(4)42(39,40)35-32(38)23-11-14-29(41-19-24)28(36)17-23/h9,11-14,17,21-22,24,31,37H,5-8,10,15-16,18-19H2,1-4H3,(H,35,38)/b20-9+. The average molecular weight is 621 g/mol. The number of carbonyl (C=O) groups excluding carboxylic acids is 1. The van der Waals surface area contributed by atoms with Crippen molar-refractivity contribution in [3.05, 3.63) is 69.5 Å². The van der Waals surface area contributed by atoms with E-state index >= 15 is 4.39 Å².